The summed E-state index contributed by atoms with van der Waals surface area (Å²) in [6.07, 6.45) is 33.1. The van der Waals surface area contributed by atoms with Crippen molar-refractivity contribution in [1.29, 1.82) is 0 Å². The summed E-state index contributed by atoms with van der Waals surface area (Å²) in [6.45, 7) is 1.14. The standard InChI is InChI=1S/C25H46BP/c1-4-16-24(17-5-1)27(25-18-6-2-7-19-25)21-9-3-8-20-26-22-12-10-13-23(26)15-11-14-22/h22-25H,1-21H2. The van der Waals surface area contributed by atoms with Gasteiger partial charge in [-0.2, -0.15) is 0 Å². The van der Waals surface area contributed by atoms with Gasteiger partial charge in [-0.25, -0.2) is 0 Å². The minimum Gasteiger partial charge on any atom is -0.100 e. The minimum absolute atomic E-state index is 0.362. The van der Waals surface area contributed by atoms with E-state index in [2.05, 4.69) is 0 Å². The SMILES string of the molecule is C1CCC(P(CCCCCB2C3CCCC2CCC3)C2CCCCC2)CC1. The molecular formula is C25H46BP. The Bertz CT molecular complexity index is 373. The zero-order chi connectivity index (χ0) is 18.3. The van der Waals surface area contributed by atoms with E-state index >= 15 is 0 Å². The highest BCUT2D eigenvalue weighted by Gasteiger charge is 2.38. The van der Waals surface area contributed by atoms with Crippen molar-refractivity contribution >= 4 is 14.6 Å². The Morgan fingerprint density at radius 3 is 1.56 bits per heavy atom. The number of hydrogen-bond donors (Lipinski definition) is 0. The van der Waals surface area contributed by atoms with Crippen molar-refractivity contribution in [1.82, 2.24) is 0 Å². The molecule has 2 aliphatic heterocycles. The first kappa shape index (κ1) is 20.8. The Morgan fingerprint density at radius 1 is 0.519 bits per heavy atom. The maximum Gasteiger partial charge on any atom is 0.146 e. The molecule has 2 heterocycles. The van der Waals surface area contributed by atoms with Crippen molar-refractivity contribution in [3.63, 3.8) is 0 Å². The van der Waals surface area contributed by atoms with Crippen LogP contribution in [-0.4, -0.2) is 24.2 Å². The highest BCUT2D eigenvalue weighted by Crippen LogP contribution is 2.56. The fraction of sp³-hybridized carbons (Fsp3) is 1.00. The maximum atomic E-state index is 1.65. The lowest BCUT2D eigenvalue weighted by atomic mass is 9.26. The average Bonchev–Trinajstić information content (AvgIpc) is 2.72. The molecule has 154 valence electrons. The Labute approximate surface area is 172 Å². The highest BCUT2D eigenvalue weighted by molar-refractivity contribution is 7.59. The van der Waals surface area contributed by atoms with Gasteiger partial charge >= 0.3 is 0 Å². The first-order valence-electron chi connectivity index (χ1n) is 13.2. The Kier molecular flexibility index (Phi) is 8.49. The topological polar surface area (TPSA) is 0 Å². The second-order valence-corrected chi connectivity index (χ2v) is 13.7. The molecular weight excluding hydrogens is 342 g/mol. The van der Waals surface area contributed by atoms with Crippen LogP contribution in [0.1, 0.15) is 122 Å². The summed E-state index contributed by atoms with van der Waals surface area (Å²) in [7, 11) is 0.362. The maximum absolute atomic E-state index is 1.65. The summed E-state index contributed by atoms with van der Waals surface area (Å²) in [5.74, 6) is 2.28. The van der Waals surface area contributed by atoms with E-state index in [1.54, 1.807) is 122 Å². The van der Waals surface area contributed by atoms with Crippen molar-refractivity contribution in [2.24, 2.45) is 0 Å². The molecule has 0 atom stereocenters. The van der Waals surface area contributed by atoms with Crippen LogP contribution in [0, 0.1) is 0 Å². The number of hydrogen-bond acceptors (Lipinski definition) is 0. The molecule has 0 aromatic rings. The minimum atomic E-state index is 0.362. The largest absolute Gasteiger partial charge is 0.146 e. The Hall–Kier alpha value is 0.495. The lowest BCUT2D eigenvalue weighted by molar-refractivity contribution is 0.440. The summed E-state index contributed by atoms with van der Waals surface area (Å²) < 4.78 is 0. The second kappa shape index (κ2) is 11.0. The van der Waals surface area contributed by atoms with E-state index in [9.17, 15) is 0 Å². The van der Waals surface area contributed by atoms with Crippen LogP contribution in [0.25, 0.3) is 0 Å². The molecule has 0 N–H and O–H groups in total. The van der Waals surface area contributed by atoms with Crippen LogP contribution in [0.5, 0.6) is 0 Å². The van der Waals surface area contributed by atoms with E-state index in [1.807, 2.05) is 0 Å². The molecule has 2 aliphatic carbocycles. The van der Waals surface area contributed by atoms with E-state index in [4.69, 9.17) is 0 Å². The summed E-state index contributed by atoms with van der Waals surface area (Å²) in [5, 5.41) is 0. The molecule has 4 aliphatic rings. The Morgan fingerprint density at radius 2 is 1.04 bits per heavy atom. The first-order chi connectivity index (χ1) is 13.4. The zero-order valence-corrected chi connectivity index (χ0v) is 19.1. The lowest BCUT2D eigenvalue weighted by Gasteiger charge is -2.41. The van der Waals surface area contributed by atoms with E-state index in [0.29, 0.717) is 7.92 Å². The first-order valence-corrected chi connectivity index (χ1v) is 14.8. The van der Waals surface area contributed by atoms with Crippen LogP contribution >= 0.6 is 7.92 Å². The van der Waals surface area contributed by atoms with Gasteiger partial charge in [-0.1, -0.05) is 108 Å². The molecule has 0 unspecified atom stereocenters. The second-order valence-electron chi connectivity index (χ2n) is 10.7. The smallest absolute Gasteiger partial charge is 0.100 e. The van der Waals surface area contributed by atoms with Crippen LogP contribution < -0.4 is 0 Å². The molecule has 4 fully saturated rings. The number of fused-ring (bicyclic) bond motifs is 2. The van der Waals surface area contributed by atoms with Crippen molar-refractivity contribution < 1.29 is 0 Å². The van der Waals surface area contributed by atoms with E-state index in [0.717, 1.165) is 18.3 Å². The van der Waals surface area contributed by atoms with Crippen LogP contribution in [0.4, 0.5) is 0 Å². The monoisotopic (exact) mass is 388 g/mol. The highest BCUT2D eigenvalue weighted by atomic mass is 31.1. The molecule has 4 rings (SSSR count). The van der Waals surface area contributed by atoms with Gasteiger partial charge in [-0.15, -0.1) is 7.92 Å². The van der Waals surface area contributed by atoms with Crippen molar-refractivity contribution in [2.45, 2.75) is 151 Å². The quantitative estimate of drug-likeness (QED) is 0.221. The van der Waals surface area contributed by atoms with Gasteiger partial charge in [0.1, 0.15) is 6.71 Å². The van der Waals surface area contributed by atoms with Gasteiger partial charge < -0.3 is 0 Å². The van der Waals surface area contributed by atoms with Gasteiger partial charge in [0, 0.05) is 0 Å². The molecule has 0 aromatic heterocycles. The zero-order valence-electron chi connectivity index (χ0n) is 18.2. The predicted molar refractivity (Wildman–Crippen MR) is 125 cm³/mol. The third-order valence-corrected chi connectivity index (χ3v) is 12.8. The van der Waals surface area contributed by atoms with Gasteiger partial charge in [0.2, 0.25) is 0 Å². The molecule has 0 aromatic carbocycles. The molecule has 0 amide bonds. The Balaban J connectivity index is 1.20. The summed E-state index contributed by atoms with van der Waals surface area (Å²) in [6, 6.07) is 0. The molecule has 0 spiro atoms. The normalized spacial score (nSPS) is 30.8. The molecule has 2 heteroatoms. The van der Waals surface area contributed by atoms with E-state index < -0.39 is 0 Å². The molecule has 0 nitrogen and oxygen atoms in total. The average molecular weight is 388 g/mol. The number of unbranched alkanes of at least 4 members (excludes halogenated alkanes) is 2. The third kappa shape index (κ3) is 5.77. The van der Waals surface area contributed by atoms with Crippen molar-refractivity contribution in [2.75, 3.05) is 6.16 Å². The van der Waals surface area contributed by atoms with Gasteiger partial charge in [-0.05, 0) is 49.6 Å². The third-order valence-electron chi connectivity index (χ3n) is 9.05. The van der Waals surface area contributed by atoms with Crippen molar-refractivity contribution in [3.8, 4) is 0 Å². The summed E-state index contributed by atoms with van der Waals surface area (Å²) >= 11 is 0. The summed E-state index contributed by atoms with van der Waals surface area (Å²) in [4.78, 5) is 0. The predicted octanol–water partition coefficient (Wildman–Crippen LogP) is 8.91. The molecule has 27 heavy (non-hydrogen) atoms. The molecule has 0 radical (unpaired) electrons. The van der Waals surface area contributed by atoms with Gasteiger partial charge in [0.05, 0.1) is 0 Å². The van der Waals surface area contributed by atoms with Crippen LogP contribution in [0.2, 0.25) is 18.0 Å². The molecule has 2 bridgehead atoms. The molecule has 2 saturated heterocycles. The lowest BCUT2D eigenvalue weighted by Crippen LogP contribution is -2.34. The van der Waals surface area contributed by atoms with Crippen molar-refractivity contribution in [3.05, 3.63) is 0 Å². The fourth-order valence-electron chi connectivity index (χ4n) is 7.63. The van der Waals surface area contributed by atoms with Crippen LogP contribution in [-0.2, 0) is 0 Å². The van der Waals surface area contributed by atoms with Crippen LogP contribution in [0.3, 0.4) is 0 Å². The van der Waals surface area contributed by atoms with E-state index in [-0.39, 0.29) is 0 Å². The fourth-order valence-corrected chi connectivity index (χ4v) is 11.6. The van der Waals surface area contributed by atoms with E-state index in [1.165, 1.54) is 24.2 Å². The summed E-state index contributed by atoms with van der Waals surface area (Å²) in [5.41, 5.74) is 2.35. The van der Waals surface area contributed by atoms with Gasteiger partial charge in [0.15, 0.2) is 0 Å². The van der Waals surface area contributed by atoms with Crippen LogP contribution in [0.15, 0.2) is 0 Å². The number of rotatable bonds is 8. The van der Waals surface area contributed by atoms with Gasteiger partial charge in [0.25, 0.3) is 0 Å². The molecule has 2 saturated carbocycles. The van der Waals surface area contributed by atoms with Gasteiger partial charge in [-0.3, -0.25) is 0 Å².